The van der Waals surface area contributed by atoms with E-state index >= 15 is 0 Å². The summed E-state index contributed by atoms with van der Waals surface area (Å²) in [5.74, 6) is -3.99. The Morgan fingerprint density at radius 3 is 1.20 bits per heavy atom. The van der Waals surface area contributed by atoms with Crippen LogP contribution in [0.2, 0.25) is 0 Å². The zero-order valence-electron chi connectivity index (χ0n) is 58.3. The monoisotopic (exact) mass is 1280 g/mol. The van der Waals surface area contributed by atoms with E-state index in [-0.39, 0.29) is 92.3 Å². The van der Waals surface area contributed by atoms with Crippen molar-refractivity contribution >= 4 is 71.6 Å². The molecular formula is C66H108O24. The van der Waals surface area contributed by atoms with E-state index in [0.29, 0.717) is 84.2 Å². The molecule has 0 aromatic rings. The van der Waals surface area contributed by atoms with Crippen LogP contribution >= 0.6 is 0 Å². The van der Waals surface area contributed by atoms with Crippen LogP contribution < -0.4 is 0 Å². The molecule has 0 bridgehead atoms. The van der Waals surface area contributed by atoms with Gasteiger partial charge in [0.1, 0.15) is 31.5 Å². The molecule has 0 radical (unpaired) electrons. The maximum absolute atomic E-state index is 11.9. The third-order valence-corrected chi connectivity index (χ3v) is 17.3. The van der Waals surface area contributed by atoms with Gasteiger partial charge in [0.15, 0.2) is 5.60 Å². The molecule has 6 atom stereocenters. The first-order valence-corrected chi connectivity index (χ1v) is 31.3. The molecule has 6 aliphatic heterocycles. The molecular weight excluding hydrogens is 1180 g/mol. The molecule has 0 saturated carbocycles. The number of carbonyl (C=O) groups is 12. The second-order valence-corrected chi connectivity index (χ2v) is 28.7. The molecule has 6 rings (SSSR count). The summed E-state index contributed by atoms with van der Waals surface area (Å²) in [7, 11) is 0. The van der Waals surface area contributed by atoms with Crippen LogP contribution in [0.5, 0.6) is 0 Å². The second kappa shape index (κ2) is 33.3. The molecule has 90 heavy (non-hydrogen) atoms. The van der Waals surface area contributed by atoms with E-state index in [1.807, 2.05) is 111 Å². The molecule has 0 aromatic heterocycles. The molecule has 0 spiro atoms. The zero-order chi connectivity index (χ0) is 69.9. The van der Waals surface area contributed by atoms with Gasteiger partial charge in [-0.3, -0.25) is 43.2 Å². The number of rotatable bonds is 18. The molecule has 0 aliphatic carbocycles. The molecule has 0 amide bonds. The first-order valence-electron chi connectivity index (χ1n) is 31.3. The van der Waals surface area contributed by atoms with Crippen molar-refractivity contribution < 1.29 is 114 Å². The molecule has 6 saturated heterocycles. The summed E-state index contributed by atoms with van der Waals surface area (Å²) in [5.41, 5.74) is -6.10. The smallest absolute Gasteiger partial charge is 0.350 e. The van der Waals surface area contributed by atoms with Crippen LogP contribution in [-0.4, -0.2) is 146 Å². The van der Waals surface area contributed by atoms with E-state index in [0.717, 1.165) is 0 Å². The van der Waals surface area contributed by atoms with Crippen LogP contribution in [0.15, 0.2) is 0 Å². The number of ether oxygens (including phenoxy) is 12. The van der Waals surface area contributed by atoms with Gasteiger partial charge in [-0.25, -0.2) is 14.4 Å². The highest BCUT2D eigenvalue weighted by Gasteiger charge is 2.49. The van der Waals surface area contributed by atoms with Gasteiger partial charge >= 0.3 is 71.6 Å². The lowest BCUT2D eigenvalue weighted by Crippen LogP contribution is -2.43. The van der Waals surface area contributed by atoms with Crippen LogP contribution in [0, 0.1) is 37.9 Å². The summed E-state index contributed by atoms with van der Waals surface area (Å²) in [4.78, 5) is 137. The summed E-state index contributed by atoms with van der Waals surface area (Å²) in [5, 5.41) is 0. The van der Waals surface area contributed by atoms with Crippen molar-refractivity contribution in [1.29, 1.82) is 0 Å². The van der Waals surface area contributed by atoms with Gasteiger partial charge in [0, 0.05) is 24.7 Å². The molecule has 24 heteroatoms. The number of hydrogen-bond acceptors (Lipinski definition) is 24. The Morgan fingerprint density at radius 2 is 0.833 bits per heavy atom. The summed E-state index contributed by atoms with van der Waals surface area (Å²) in [6, 6.07) is 0. The Balaban J connectivity index is 0.000000540. The predicted octanol–water partition coefficient (Wildman–Crippen LogP) is 9.88. The van der Waals surface area contributed by atoms with Crippen molar-refractivity contribution in [2.24, 2.45) is 37.9 Å². The van der Waals surface area contributed by atoms with Gasteiger partial charge in [-0.05, 0) is 142 Å². The topological polar surface area (TPSA) is 316 Å². The molecule has 6 unspecified atom stereocenters. The SMILES string of the molecule is CCC(C)(C)C(=O)OC1(C)CCOC(=O)C1.CCC(C)(C)C(=O)OC1(C)CCOC1=O.CCC(C)(C)C(=O)OC1(C)COC(=O)C1.CCC(C)(C)C(=O)OC1C(=O)OCC1(C)C.CCC(C)(C)C(=O)OC1CCOC1=O.CCC(C)(C)C(=O)OC1COC(=O)C1. The fourth-order valence-corrected chi connectivity index (χ4v) is 7.19. The maximum atomic E-state index is 11.9. The Kier molecular flexibility index (Phi) is 30.2. The van der Waals surface area contributed by atoms with Gasteiger partial charge < -0.3 is 56.8 Å². The zero-order valence-corrected chi connectivity index (χ0v) is 58.3. The van der Waals surface area contributed by atoms with Crippen LogP contribution in [0.25, 0.3) is 0 Å². The quantitative estimate of drug-likeness (QED) is 0.0909. The molecule has 516 valence electrons. The highest BCUT2D eigenvalue weighted by molar-refractivity contribution is 5.87. The molecule has 24 nitrogen and oxygen atoms in total. The van der Waals surface area contributed by atoms with Crippen molar-refractivity contribution in [1.82, 2.24) is 0 Å². The van der Waals surface area contributed by atoms with Crippen LogP contribution in [0.4, 0.5) is 0 Å². The third-order valence-electron chi connectivity index (χ3n) is 17.3. The molecule has 6 fully saturated rings. The first kappa shape index (κ1) is 81.7. The van der Waals surface area contributed by atoms with E-state index in [1.165, 1.54) is 0 Å². The normalized spacial score (nSPS) is 24.5. The highest BCUT2D eigenvalue weighted by Crippen LogP contribution is 2.36. The largest absolute Gasteiger partial charge is 0.465 e. The van der Waals surface area contributed by atoms with Crippen molar-refractivity contribution in [3.8, 4) is 0 Å². The summed E-state index contributed by atoms with van der Waals surface area (Å²) >= 11 is 0. The Hall–Kier alpha value is -6.36. The van der Waals surface area contributed by atoms with Crippen LogP contribution in [-0.2, 0) is 114 Å². The lowest BCUT2D eigenvalue weighted by Gasteiger charge is -2.35. The number of carbonyl (C=O) groups excluding carboxylic acids is 12. The van der Waals surface area contributed by atoms with Crippen LogP contribution in [0.3, 0.4) is 0 Å². The number of esters is 12. The van der Waals surface area contributed by atoms with E-state index in [4.69, 9.17) is 56.8 Å². The number of hydrogen-bond donors (Lipinski definition) is 0. The lowest BCUT2D eigenvalue weighted by molar-refractivity contribution is -0.182. The summed E-state index contributed by atoms with van der Waals surface area (Å²) in [6.45, 7) is 43.9. The Labute approximate surface area is 533 Å². The average Bonchev–Trinajstić information content (AvgIpc) is 1.67. The molecule has 0 N–H and O–H groups in total. The minimum atomic E-state index is -1.08. The minimum absolute atomic E-state index is 0.151. The van der Waals surface area contributed by atoms with Crippen LogP contribution in [0.1, 0.15) is 236 Å². The van der Waals surface area contributed by atoms with Crippen molar-refractivity contribution in [2.75, 3.05) is 39.6 Å². The van der Waals surface area contributed by atoms with Crippen molar-refractivity contribution in [2.45, 2.75) is 271 Å². The van der Waals surface area contributed by atoms with Gasteiger partial charge in [0.05, 0.1) is 71.6 Å². The minimum Gasteiger partial charge on any atom is -0.465 e. The van der Waals surface area contributed by atoms with Crippen molar-refractivity contribution in [3.05, 3.63) is 0 Å². The van der Waals surface area contributed by atoms with Gasteiger partial charge in [0.25, 0.3) is 0 Å². The fraction of sp³-hybridized carbons (Fsp3) is 0.818. The highest BCUT2D eigenvalue weighted by atomic mass is 16.6. The molecule has 6 aliphatic rings. The third kappa shape index (κ3) is 25.0. The van der Waals surface area contributed by atoms with Gasteiger partial charge in [-0.15, -0.1) is 0 Å². The van der Waals surface area contributed by atoms with Gasteiger partial charge in [-0.1, -0.05) is 55.4 Å². The fourth-order valence-electron chi connectivity index (χ4n) is 7.19. The Morgan fingerprint density at radius 1 is 0.422 bits per heavy atom. The van der Waals surface area contributed by atoms with Gasteiger partial charge in [-0.2, -0.15) is 0 Å². The summed E-state index contributed by atoms with van der Waals surface area (Å²) < 4.78 is 60.3. The lowest BCUT2D eigenvalue weighted by atomic mass is 9.88. The maximum Gasteiger partial charge on any atom is 0.350 e. The van der Waals surface area contributed by atoms with E-state index in [1.54, 1.807) is 48.5 Å². The molecule has 0 aromatic carbocycles. The standard InChI is InChI=1S/2C12H20O4.2C11H18O4.2C10H16O4/c1-6-11(2,3)10(14)16-8-9(13)15-7-12(8,4)5;1-5-11(2,3)10(14)16-12(4)6-7-15-9(13)8-12;1-5-10(2,3)9(13)15-11(4)6-8(12)14-7-11;1-5-10(2,3)8(12)15-11(4)6-7-14-9(11)13;1-4-10(2,3)9(12)14-7-5-8(11)13-6-7;1-4-10(2,3)9(12)14-7-5-6-13-8(7)11/h8H,6-7H2,1-5H3;5-8H2,1-4H3;2*5-7H2,1-4H3;2*7H,4-6H2,1-3H3. The van der Waals surface area contributed by atoms with E-state index < -0.39 is 84.8 Å². The van der Waals surface area contributed by atoms with E-state index in [2.05, 4.69) is 0 Å². The van der Waals surface area contributed by atoms with E-state index in [9.17, 15) is 57.5 Å². The van der Waals surface area contributed by atoms with Gasteiger partial charge in [0.2, 0.25) is 17.8 Å². The predicted molar refractivity (Wildman–Crippen MR) is 325 cm³/mol. The summed E-state index contributed by atoms with van der Waals surface area (Å²) in [6.07, 6.45) is 4.31. The Bertz CT molecular complexity index is 2540. The second-order valence-electron chi connectivity index (χ2n) is 28.7. The van der Waals surface area contributed by atoms with Crippen molar-refractivity contribution in [3.63, 3.8) is 0 Å². The number of cyclic esters (lactones) is 6. The molecule has 6 heterocycles. The average molecular weight is 1290 g/mol. The first-order chi connectivity index (χ1) is 41.0.